The molecular formula is C20H15BrN4O3S. The fourth-order valence-corrected chi connectivity index (χ4v) is 3.91. The molecule has 0 atom stereocenters. The minimum Gasteiger partial charge on any atom is -0.343 e. The summed E-state index contributed by atoms with van der Waals surface area (Å²) in [6.45, 7) is 1.57. The lowest BCUT2D eigenvalue weighted by atomic mass is 10.1. The second-order valence-corrected chi connectivity index (χ2v) is 7.99. The molecule has 1 aromatic carbocycles. The van der Waals surface area contributed by atoms with Gasteiger partial charge in [0.05, 0.1) is 39.4 Å². The van der Waals surface area contributed by atoms with Crippen LogP contribution in [0.25, 0.3) is 21.7 Å². The number of para-hydroxylation sites is 1. The molecule has 4 aromatic rings. The lowest BCUT2D eigenvalue weighted by Crippen LogP contribution is -2.33. The number of hydrogen-bond acceptors (Lipinski definition) is 6. The number of nitrogens with zero attached hydrogens (tertiary/aromatic N) is 2. The van der Waals surface area contributed by atoms with Crippen molar-refractivity contribution in [1.29, 1.82) is 0 Å². The van der Waals surface area contributed by atoms with E-state index >= 15 is 0 Å². The Hall–Kier alpha value is -3.04. The van der Waals surface area contributed by atoms with Gasteiger partial charge in [0.25, 0.3) is 11.6 Å². The Balaban J connectivity index is 1.56. The molecule has 3 heterocycles. The monoisotopic (exact) mass is 470 g/mol. The molecule has 3 aromatic heterocycles. The summed E-state index contributed by atoms with van der Waals surface area (Å²) >= 11 is 4.88. The molecule has 0 spiro atoms. The van der Waals surface area contributed by atoms with E-state index in [9.17, 15) is 9.59 Å². The Kier molecular flexibility index (Phi) is 5.41. The van der Waals surface area contributed by atoms with Gasteiger partial charge in [-0.05, 0) is 52.5 Å². The summed E-state index contributed by atoms with van der Waals surface area (Å²) in [6.07, 6.45) is 0. The number of pyridine rings is 1. The Morgan fingerprint density at radius 2 is 2.03 bits per heavy atom. The third-order valence-electron chi connectivity index (χ3n) is 4.19. The molecule has 2 N–H and O–H groups in total. The molecule has 0 bridgehead atoms. The molecule has 0 aliphatic heterocycles. The van der Waals surface area contributed by atoms with Crippen molar-refractivity contribution in [2.45, 2.75) is 6.92 Å². The molecule has 7 nitrogen and oxygen atoms in total. The van der Waals surface area contributed by atoms with Crippen LogP contribution in [-0.2, 0) is 4.79 Å². The number of aryl methyl sites for hydroxylation is 1. The van der Waals surface area contributed by atoms with Crippen molar-refractivity contribution in [2.75, 3.05) is 11.9 Å². The second kappa shape index (κ2) is 8.14. The molecule has 0 aliphatic rings. The Labute approximate surface area is 178 Å². The molecule has 0 saturated heterocycles. The number of nitrogens with one attached hydrogen (secondary N) is 2. The van der Waals surface area contributed by atoms with Crippen molar-refractivity contribution in [3.05, 3.63) is 63.6 Å². The highest BCUT2D eigenvalue weighted by molar-refractivity contribution is 9.10. The van der Waals surface area contributed by atoms with Crippen molar-refractivity contribution in [2.24, 2.45) is 0 Å². The number of thiophene rings is 1. The highest BCUT2D eigenvalue weighted by Gasteiger charge is 2.20. The van der Waals surface area contributed by atoms with Crippen molar-refractivity contribution < 1.29 is 14.1 Å². The fourth-order valence-electron chi connectivity index (χ4n) is 2.84. The number of carbonyl (C=O) groups is 2. The van der Waals surface area contributed by atoms with Crippen molar-refractivity contribution in [1.82, 2.24) is 15.5 Å². The van der Waals surface area contributed by atoms with E-state index in [1.165, 1.54) is 11.3 Å². The number of aromatic nitrogens is 2. The zero-order valence-corrected chi connectivity index (χ0v) is 17.6. The van der Waals surface area contributed by atoms with Crippen LogP contribution < -0.4 is 10.6 Å². The van der Waals surface area contributed by atoms with Gasteiger partial charge in [0, 0.05) is 4.47 Å². The van der Waals surface area contributed by atoms with E-state index in [4.69, 9.17) is 4.52 Å². The highest BCUT2D eigenvalue weighted by Crippen LogP contribution is 2.29. The van der Waals surface area contributed by atoms with Gasteiger partial charge >= 0.3 is 0 Å². The van der Waals surface area contributed by atoms with Gasteiger partial charge in [-0.1, -0.05) is 23.4 Å². The Bertz CT molecular complexity index is 1200. The number of fused-ring (bicyclic) bond motifs is 1. The molecule has 146 valence electrons. The summed E-state index contributed by atoms with van der Waals surface area (Å²) in [7, 11) is 0. The number of halogens is 1. The first-order chi connectivity index (χ1) is 14.0. The molecule has 0 saturated carbocycles. The third-order valence-corrected chi connectivity index (χ3v) is 5.78. The molecule has 29 heavy (non-hydrogen) atoms. The first-order valence-electron chi connectivity index (χ1n) is 8.66. The molecular weight excluding hydrogens is 456 g/mol. The average Bonchev–Trinajstić information content (AvgIpc) is 3.38. The number of hydrogen-bond donors (Lipinski definition) is 2. The topological polar surface area (TPSA) is 97.1 Å². The van der Waals surface area contributed by atoms with E-state index in [1.54, 1.807) is 19.1 Å². The molecule has 9 heteroatoms. The quantitative estimate of drug-likeness (QED) is 0.450. The van der Waals surface area contributed by atoms with Gasteiger partial charge in [-0.15, -0.1) is 11.3 Å². The maximum absolute atomic E-state index is 12.9. The maximum atomic E-state index is 12.9. The summed E-state index contributed by atoms with van der Waals surface area (Å²) in [5.74, 6) is -0.736. The summed E-state index contributed by atoms with van der Waals surface area (Å²) < 4.78 is 6.04. The summed E-state index contributed by atoms with van der Waals surface area (Å²) in [5, 5.41) is 11.8. The minimum atomic E-state index is -0.399. The van der Waals surface area contributed by atoms with Gasteiger partial charge < -0.3 is 15.2 Å². The number of rotatable bonds is 5. The lowest BCUT2D eigenvalue weighted by molar-refractivity contribution is -0.115. The van der Waals surface area contributed by atoms with Crippen molar-refractivity contribution in [3.63, 3.8) is 0 Å². The Morgan fingerprint density at radius 1 is 1.21 bits per heavy atom. The van der Waals surface area contributed by atoms with E-state index in [0.29, 0.717) is 28.0 Å². The smallest absolute Gasteiger partial charge is 0.259 e. The third kappa shape index (κ3) is 4.06. The van der Waals surface area contributed by atoms with Gasteiger partial charge in [-0.2, -0.15) is 0 Å². The molecule has 2 amide bonds. The van der Waals surface area contributed by atoms with Crippen LogP contribution in [0.15, 0.2) is 56.8 Å². The van der Waals surface area contributed by atoms with Crippen LogP contribution >= 0.6 is 27.3 Å². The van der Waals surface area contributed by atoms with E-state index in [0.717, 1.165) is 9.35 Å². The van der Waals surface area contributed by atoms with Gasteiger partial charge in [0.1, 0.15) is 0 Å². The van der Waals surface area contributed by atoms with Crippen molar-refractivity contribution in [3.8, 4) is 10.6 Å². The maximum Gasteiger partial charge on any atom is 0.259 e. The first kappa shape index (κ1) is 19.3. The summed E-state index contributed by atoms with van der Waals surface area (Å²) in [5.41, 5.74) is 2.47. The molecule has 0 radical (unpaired) electrons. The zero-order valence-electron chi connectivity index (χ0n) is 15.2. The average molecular weight is 471 g/mol. The largest absolute Gasteiger partial charge is 0.343 e. The summed E-state index contributed by atoms with van der Waals surface area (Å²) in [4.78, 5) is 30.5. The van der Waals surface area contributed by atoms with Crippen LogP contribution in [0, 0.1) is 6.92 Å². The predicted molar refractivity (Wildman–Crippen MR) is 115 cm³/mol. The van der Waals surface area contributed by atoms with Crippen LogP contribution in [0.3, 0.4) is 0 Å². The van der Waals surface area contributed by atoms with Crippen LogP contribution in [0.2, 0.25) is 0 Å². The predicted octanol–water partition coefficient (Wildman–Crippen LogP) is 4.39. The van der Waals surface area contributed by atoms with Gasteiger partial charge in [-0.3, -0.25) is 9.59 Å². The lowest BCUT2D eigenvalue weighted by Gasteiger charge is -2.09. The van der Waals surface area contributed by atoms with Crippen LogP contribution in [0.4, 0.5) is 5.69 Å². The van der Waals surface area contributed by atoms with Crippen LogP contribution in [0.5, 0.6) is 0 Å². The van der Waals surface area contributed by atoms with Gasteiger partial charge in [0.15, 0.2) is 0 Å². The van der Waals surface area contributed by atoms with E-state index < -0.39 is 5.91 Å². The molecule has 0 aliphatic carbocycles. The zero-order chi connectivity index (χ0) is 20.4. The number of anilines is 1. The number of amides is 2. The van der Waals surface area contributed by atoms with Crippen LogP contribution in [-0.4, -0.2) is 28.5 Å². The minimum absolute atomic E-state index is 0.178. The van der Waals surface area contributed by atoms with Crippen molar-refractivity contribution >= 4 is 55.9 Å². The highest BCUT2D eigenvalue weighted by atomic mass is 79.9. The van der Waals surface area contributed by atoms with Gasteiger partial charge in [-0.25, -0.2) is 4.98 Å². The normalized spacial score (nSPS) is 10.8. The Morgan fingerprint density at radius 3 is 2.79 bits per heavy atom. The fraction of sp³-hybridized carbons (Fsp3) is 0.100. The van der Waals surface area contributed by atoms with Crippen LogP contribution in [0.1, 0.15) is 16.1 Å². The van der Waals surface area contributed by atoms with E-state index in [-0.39, 0.29) is 18.2 Å². The second-order valence-electron chi connectivity index (χ2n) is 6.19. The molecule has 0 unspecified atom stereocenters. The SMILES string of the molecule is Cc1noc2nc(-c3cccs3)cc(C(=O)NCC(=O)Nc3ccccc3Br)c12. The van der Waals surface area contributed by atoms with Gasteiger partial charge in [0.2, 0.25) is 5.91 Å². The molecule has 0 fully saturated rings. The summed E-state index contributed by atoms with van der Waals surface area (Å²) in [6, 6.07) is 12.8. The first-order valence-corrected chi connectivity index (χ1v) is 10.3. The van der Waals surface area contributed by atoms with E-state index in [1.807, 2.05) is 35.7 Å². The van der Waals surface area contributed by atoms with E-state index in [2.05, 4.69) is 36.7 Å². The number of carbonyl (C=O) groups excluding carboxylic acids is 2. The molecule has 4 rings (SSSR count). The standard InChI is InChI=1S/C20H15BrN4O3S/c1-11-18-12(9-15(16-7-4-8-29-16)24-20(18)28-25-11)19(27)22-10-17(26)23-14-6-3-2-5-13(14)21/h2-9H,10H2,1H3,(H,22,27)(H,23,26). The number of benzene rings is 1.